The Hall–Kier alpha value is -1.87. The summed E-state index contributed by atoms with van der Waals surface area (Å²) in [7, 11) is 0. The van der Waals surface area contributed by atoms with Crippen molar-refractivity contribution in [3.8, 4) is 0 Å². The van der Waals surface area contributed by atoms with Crippen LogP contribution in [0.3, 0.4) is 0 Å². The Kier molecular flexibility index (Phi) is 6.82. The van der Waals surface area contributed by atoms with Gasteiger partial charge in [-0.15, -0.1) is 0 Å². The van der Waals surface area contributed by atoms with Gasteiger partial charge in [0.2, 0.25) is 5.91 Å². The van der Waals surface area contributed by atoms with Crippen molar-refractivity contribution in [3.63, 3.8) is 0 Å². The Morgan fingerprint density at radius 1 is 1.08 bits per heavy atom. The van der Waals surface area contributed by atoms with Crippen molar-refractivity contribution in [3.05, 3.63) is 0 Å². The van der Waals surface area contributed by atoms with E-state index in [1.54, 1.807) is 16.7 Å². The van der Waals surface area contributed by atoms with Crippen molar-refractivity contribution >= 4 is 18.0 Å². The summed E-state index contributed by atoms with van der Waals surface area (Å²) in [5.41, 5.74) is -0.975. The molecule has 2 aliphatic heterocycles. The minimum Gasteiger partial charge on any atom is -0.481 e. The number of hydrogen-bond donors (Lipinski definition) is 2. The van der Waals surface area contributed by atoms with Crippen LogP contribution in [0.1, 0.15) is 26.7 Å². The van der Waals surface area contributed by atoms with Crippen LogP contribution in [-0.2, 0) is 14.3 Å². The van der Waals surface area contributed by atoms with Gasteiger partial charge in [-0.3, -0.25) is 14.5 Å². The number of likely N-dealkylation sites (tertiary alicyclic amines) is 1. The molecule has 0 spiro atoms. The molecule has 0 aromatic heterocycles. The van der Waals surface area contributed by atoms with Crippen LogP contribution in [0.5, 0.6) is 0 Å². The van der Waals surface area contributed by atoms with Crippen molar-refractivity contribution in [1.82, 2.24) is 14.7 Å². The normalized spacial score (nSPS) is 24.0. The number of rotatable bonds is 4. The molecular weight excluding hydrogens is 342 g/mol. The number of amides is 2. The smallest absolute Gasteiger partial charge is 0.409 e. The van der Waals surface area contributed by atoms with E-state index in [9.17, 15) is 24.6 Å². The fraction of sp³-hybridized carbons (Fsp3) is 0.824. The number of carbonyl (C=O) groups is 3. The largest absolute Gasteiger partial charge is 0.481 e. The predicted molar refractivity (Wildman–Crippen MR) is 92.6 cm³/mol. The highest BCUT2D eigenvalue weighted by Gasteiger charge is 2.38. The molecule has 2 rings (SSSR count). The van der Waals surface area contributed by atoms with E-state index in [1.807, 2.05) is 4.90 Å². The molecule has 2 N–H and O–H groups in total. The summed E-state index contributed by atoms with van der Waals surface area (Å²) in [5, 5.41) is 20.3. The molecule has 0 aliphatic carbocycles. The number of nitrogens with zero attached hydrogens (tertiary/aromatic N) is 3. The van der Waals surface area contributed by atoms with Crippen LogP contribution in [0.25, 0.3) is 0 Å². The fourth-order valence-corrected chi connectivity index (χ4v) is 3.56. The number of piperidine rings is 1. The number of hydrogen-bond acceptors (Lipinski definition) is 6. The molecule has 148 valence electrons. The van der Waals surface area contributed by atoms with Crippen molar-refractivity contribution < 1.29 is 29.3 Å². The molecule has 9 heteroatoms. The molecule has 1 atom stereocenters. The average molecular weight is 371 g/mol. The first kappa shape index (κ1) is 20.4. The van der Waals surface area contributed by atoms with Gasteiger partial charge in [-0.25, -0.2) is 4.79 Å². The van der Waals surface area contributed by atoms with Crippen LogP contribution < -0.4 is 0 Å². The van der Waals surface area contributed by atoms with Gasteiger partial charge in [-0.05, 0) is 19.8 Å². The van der Waals surface area contributed by atoms with Gasteiger partial charge in [0.25, 0.3) is 0 Å². The molecule has 0 aromatic rings. The fourth-order valence-electron chi connectivity index (χ4n) is 3.56. The van der Waals surface area contributed by atoms with E-state index in [4.69, 9.17) is 4.74 Å². The molecule has 1 unspecified atom stereocenters. The van der Waals surface area contributed by atoms with E-state index in [0.717, 1.165) is 0 Å². The lowest BCUT2D eigenvalue weighted by molar-refractivity contribution is -0.143. The molecule has 2 fully saturated rings. The highest BCUT2D eigenvalue weighted by molar-refractivity contribution is 5.75. The van der Waals surface area contributed by atoms with Crippen molar-refractivity contribution in [2.45, 2.75) is 32.3 Å². The first-order valence-electron chi connectivity index (χ1n) is 9.09. The summed E-state index contributed by atoms with van der Waals surface area (Å²) in [6, 6.07) is 0. The number of carboxylic acid groups (broad SMARTS) is 1. The van der Waals surface area contributed by atoms with E-state index >= 15 is 0 Å². The second-order valence-electron chi connectivity index (χ2n) is 7.15. The van der Waals surface area contributed by atoms with E-state index < -0.39 is 17.5 Å². The number of ether oxygens (including phenoxy) is 1. The average Bonchev–Trinajstić information content (AvgIpc) is 2.78. The van der Waals surface area contributed by atoms with Gasteiger partial charge in [-0.2, -0.15) is 0 Å². The lowest BCUT2D eigenvalue weighted by atomic mass is 9.90. The Labute approximate surface area is 153 Å². The second kappa shape index (κ2) is 8.68. The molecule has 2 heterocycles. The number of carboxylic acids is 1. The number of aliphatic hydroxyl groups is 1. The molecule has 26 heavy (non-hydrogen) atoms. The Balaban J connectivity index is 1.95. The van der Waals surface area contributed by atoms with Crippen molar-refractivity contribution in [2.24, 2.45) is 5.92 Å². The van der Waals surface area contributed by atoms with Crippen LogP contribution in [-0.4, -0.2) is 101 Å². The maximum Gasteiger partial charge on any atom is 0.409 e. The highest BCUT2D eigenvalue weighted by Crippen LogP contribution is 2.25. The second-order valence-corrected chi connectivity index (χ2v) is 7.15. The third-order valence-corrected chi connectivity index (χ3v) is 5.14. The number of aliphatic carboxylic acids is 1. The van der Waals surface area contributed by atoms with Gasteiger partial charge in [0.1, 0.15) is 0 Å². The van der Waals surface area contributed by atoms with Crippen molar-refractivity contribution in [1.29, 1.82) is 0 Å². The molecule has 0 saturated carbocycles. The Bertz CT molecular complexity index is 533. The van der Waals surface area contributed by atoms with Gasteiger partial charge < -0.3 is 24.7 Å². The molecule has 2 saturated heterocycles. The molecule has 9 nitrogen and oxygen atoms in total. The minimum absolute atomic E-state index is 0.139. The van der Waals surface area contributed by atoms with Crippen LogP contribution >= 0.6 is 0 Å². The number of β-amino-alcohol motifs (C(OH)–C–C–N with tert-alkyl or cyclic N) is 1. The SMILES string of the molecule is CCOC(=O)N1CCC(O)(CN2CCN(C(C)=O)CC(C(=O)O)C2)CC1. The van der Waals surface area contributed by atoms with Gasteiger partial charge >= 0.3 is 12.1 Å². The summed E-state index contributed by atoms with van der Waals surface area (Å²) in [6.07, 6.45) is 0.458. The van der Waals surface area contributed by atoms with Crippen LogP contribution in [0, 0.1) is 5.92 Å². The maximum atomic E-state index is 11.8. The number of carbonyl (C=O) groups excluding carboxylic acids is 2. The maximum absolute atomic E-state index is 11.8. The molecule has 0 bridgehead atoms. The molecule has 2 aliphatic rings. The van der Waals surface area contributed by atoms with Crippen LogP contribution in [0.4, 0.5) is 4.79 Å². The lowest BCUT2D eigenvalue weighted by Gasteiger charge is -2.40. The van der Waals surface area contributed by atoms with E-state index in [1.165, 1.54) is 6.92 Å². The Morgan fingerprint density at radius 2 is 1.73 bits per heavy atom. The monoisotopic (exact) mass is 371 g/mol. The first-order valence-corrected chi connectivity index (χ1v) is 9.09. The summed E-state index contributed by atoms with van der Waals surface area (Å²) in [4.78, 5) is 40.0. The quantitative estimate of drug-likeness (QED) is 0.706. The lowest BCUT2D eigenvalue weighted by Crippen LogP contribution is -2.53. The highest BCUT2D eigenvalue weighted by atomic mass is 16.6. The summed E-state index contributed by atoms with van der Waals surface area (Å²) < 4.78 is 4.98. The Morgan fingerprint density at radius 3 is 2.27 bits per heavy atom. The zero-order valence-electron chi connectivity index (χ0n) is 15.5. The zero-order valence-corrected chi connectivity index (χ0v) is 15.5. The zero-order chi connectivity index (χ0) is 19.3. The van der Waals surface area contributed by atoms with Crippen LogP contribution in [0.2, 0.25) is 0 Å². The van der Waals surface area contributed by atoms with E-state index in [0.29, 0.717) is 58.7 Å². The minimum atomic E-state index is -0.975. The molecule has 0 radical (unpaired) electrons. The van der Waals surface area contributed by atoms with E-state index in [-0.39, 0.29) is 18.5 Å². The topological polar surface area (TPSA) is 111 Å². The third-order valence-electron chi connectivity index (χ3n) is 5.14. The molecule has 2 amide bonds. The van der Waals surface area contributed by atoms with Crippen molar-refractivity contribution in [2.75, 3.05) is 52.4 Å². The van der Waals surface area contributed by atoms with Gasteiger partial charge in [0.15, 0.2) is 0 Å². The molecular formula is C17H29N3O6. The van der Waals surface area contributed by atoms with Gasteiger partial charge in [0.05, 0.1) is 18.1 Å². The van der Waals surface area contributed by atoms with Gasteiger partial charge in [0, 0.05) is 52.7 Å². The summed E-state index contributed by atoms with van der Waals surface area (Å²) >= 11 is 0. The van der Waals surface area contributed by atoms with Gasteiger partial charge in [-0.1, -0.05) is 0 Å². The molecule has 0 aromatic carbocycles. The van der Waals surface area contributed by atoms with Crippen LogP contribution in [0.15, 0.2) is 0 Å². The van der Waals surface area contributed by atoms with E-state index in [2.05, 4.69) is 0 Å². The predicted octanol–water partition coefficient (Wildman–Crippen LogP) is -0.165. The summed E-state index contributed by atoms with van der Waals surface area (Å²) in [5.74, 6) is -1.75. The summed E-state index contributed by atoms with van der Waals surface area (Å²) in [6.45, 7) is 6.11. The first-order chi connectivity index (χ1) is 12.2. The third kappa shape index (κ3) is 5.31. The standard InChI is InChI=1S/C17H29N3O6/c1-3-26-16(24)19-6-4-17(25,5-7-19)12-18-8-9-20(13(2)21)11-14(10-18)15(22)23/h14,25H,3-12H2,1-2H3,(H,22,23).